The lowest BCUT2D eigenvalue weighted by Crippen LogP contribution is -2.47. The van der Waals surface area contributed by atoms with Crippen LogP contribution in [0.25, 0.3) is 0 Å². The largest absolute Gasteiger partial charge is 0.481 e. The van der Waals surface area contributed by atoms with Crippen molar-refractivity contribution >= 4 is 11.8 Å². The van der Waals surface area contributed by atoms with Gasteiger partial charge < -0.3 is 10.4 Å². The van der Waals surface area contributed by atoms with Gasteiger partial charge >= 0.3 is 5.97 Å². The Morgan fingerprint density at radius 1 is 1.26 bits per heavy atom. The summed E-state index contributed by atoms with van der Waals surface area (Å²) in [4.78, 5) is 19.7. The van der Waals surface area contributed by atoms with E-state index in [0.717, 1.165) is 43.6 Å². The SMILES string of the molecule is O=C(O)CC1(Nc2ncnc3c2CCCC3)CCC1. The van der Waals surface area contributed by atoms with Gasteiger partial charge in [-0.25, -0.2) is 9.97 Å². The molecule has 5 nitrogen and oxygen atoms in total. The molecule has 0 bridgehead atoms. The molecule has 0 amide bonds. The van der Waals surface area contributed by atoms with Gasteiger partial charge in [0, 0.05) is 16.8 Å². The Kier molecular flexibility index (Phi) is 3.12. The topological polar surface area (TPSA) is 75.1 Å². The zero-order valence-corrected chi connectivity index (χ0v) is 11.0. The minimum absolute atomic E-state index is 0.172. The van der Waals surface area contributed by atoms with Gasteiger partial charge in [0.15, 0.2) is 0 Å². The van der Waals surface area contributed by atoms with Crippen molar-refractivity contribution in [2.24, 2.45) is 0 Å². The maximum absolute atomic E-state index is 11.0. The Labute approximate surface area is 112 Å². The van der Waals surface area contributed by atoms with E-state index in [2.05, 4.69) is 15.3 Å². The lowest BCUT2D eigenvalue weighted by Gasteiger charge is -2.42. The molecule has 5 heteroatoms. The fraction of sp³-hybridized carbons (Fsp3) is 0.643. The molecule has 0 radical (unpaired) electrons. The molecular weight excluding hydrogens is 242 g/mol. The zero-order chi connectivity index (χ0) is 13.3. The van der Waals surface area contributed by atoms with Crippen LogP contribution in [-0.2, 0) is 17.6 Å². The molecule has 2 N–H and O–H groups in total. The van der Waals surface area contributed by atoms with Crippen molar-refractivity contribution in [3.63, 3.8) is 0 Å². The van der Waals surface area contributed by atoms with Gasteiger partial charge in [-0.05, 0) is 44.9 Å². The quantitative estimate of drug-likeness (QED) is 0.868. The lowest BCUT2D eigenvalue weighted by molar-refractivity contribution is -0.138. The van der Waals surface area contributed by atoms with Crippen molar-refractivity contribution in [3.05, 3.63) is 17.6 Å². The lowest BCUT2D eigenvalue weighted by atomic mass is 9.74. The first kappa shape index (κ1) is 12.4. The number of carboxylic acids is 1. The molecule has 0 atom stereocenters. The van der Waals surface area contributed by atoms with E-state index in [1.54, 1.807) is 6.33 Å². The van der Waals surface area contributed by atoms with E-state index in [0.29, 0.717) is 0 Å². The minimum atomic E-state index is -0.741. The van der Waals surface area contributed by atoms with E-state index >= 15 is 0 Å². The number of carboxylic acid groups (broad SMARTS) is 1. The Morgan fingerprint density at radius 3 is 2.74 bits per heavy atom. The van der Waals surface area contributed by atoms with E-state index in [4.69, 9.17) is 5.11 Å². The predicted octanol–water partition coefficient (Wildman–Crippen LogP) is 2.16. The molecule has 0 aliphatic heterocycles. The summed E-state index contributed by atoms with van der Waals surface area (Å²) in [5.74, 6) is 0.126. The second-order valence-electron chi connectivity index (χ2n) is 5.68. The smallest absolute Gasteiger partial charge is 0.305 e. The Hall–Kier alpha value is -1.65. The fourth-order valence-corrected chi connectivity index (χ4v) is 3.12. The van der Waals surface area contributed by atoms with Crippen molar-refractivity contribution < 1.29 is 9.90 Å². The van der Waals surface area contributed by atoms with Crippen LogP contribution in [0.4, 0.5) is 5.82 Å². The van der Waals surface area contributed by atoms with Crippen LogP contribution in [0.2, 0.25) is 0 Å². The molecule has 1 fully saturated rings. The highest BCUT2D eigenvalue weighted by atomic mass is 16.4. The Bertz CT molecular complexity index is 497. The van der Waals surface area contributed by atoms with Gasteiger partial charge in [-0.2, -0.15) is 0 Å². The molecule has 1 aromatic heterocycles. The number of anilines is 1. The van der Waals surface area contributed by atoms with Crippen LogP contribution in [0.5, 0.6) is 0 Å². The third kappa shape index (κ3) is 2.41. The number of hydrogen-bond acceptors (Lipinski definition) is 4. The number of fused-ring (bicyclic) bond motifs is 1. The predicted molar refractivity (Wildman–Crippen MR) is 71.1 cm³/mol. The molecule has 0 unspecified atom stereocenters. The molecule has 0 saturated heterocycles. The third-order valence-electron chi connectivity index (χ3n) is 4.31. The minimum Gasteiger partial charge on any atom is -0.481 e. The van der Waals surface area contributed by atoms with Gasteiger partial charge in [-0.1, -0.05) is 0 Å². The normalized spacial score (nSPS) is 20.2. The van der Waals surface area contributed by atoms with Crippen molar-refractivity contribution in [1.29, 1.82) is 0 Å². The van der Waals surface area contributed by atoms with Crippen molar-refractivity contribution in [2.75, 3.05) is 5.32 Å². The maximum atomic E-state index is 11.0. The van der Waals surface area contributed by atoms with Crippen LogP contribution in [0.15, 0.2) is 6.33 Å². The summed E-state index contributed by atoms with van der Waals surface area (Å²) in [6.07, 6.45) is 9.06. The van der Waals surface area contributed by atoms with Crippen LogP contribution >= 0.6 is 0 Å². The molecule has 2 aliphatic rings. The highest BCUT2D eigenvalue weighted by molar-refractivity contribution is 5.70. The first-order valence-corrected chi connectivity index (χ1v) is 7.01. The fourth-order valence-electron chi connectivity index (χ4n) is 3.12. The van der Waals surface area contributed by atoms with E-state index in [9.17, 15) is 4.79 Å². The van der Waals surface area contributed by atoms with Gasteiger partial charge in [-0.15, -0.1) is 0 Å². The monoisotopic (exact) mass is 261 g/mol. The van der Waals surface area contributed by atoms with Crippen LogP contribution in [0.1, 0.15) is 49.8 Å². The molecule has 19 heavy (non-hydrogen) atoms. The van der Waals surface area contributed by atoms with Crippen LogP contribution in [0, 0.1) is 0 Å². The number of hydrogen-bond donors (Lipinski definition) is 2. The first-order valence-electron chi connectivity index (χ1n) is 7.01. The summed E-state index contributed by atoms with van der Waals surface area (Å²) in [6, 6.07) is 0. The van der Waals surface area contributed by atoms with Gasteiger partial charge in [0.2, 0.25) is 0 Å². The number of nitrogens with one attached hydrogen (secondary N) is 1. The summed E-state index contributed by atoms with van der Waals surface area (Å²) in [7, 11) is 0. The molecule has 1 saturated carbocycles. The molecular formula is C14H19N3O2. The van der Waals surface area contributed by atoms with Crippen molar-refractivity contribution in [3.8, 4) is 0 Å². The van der Waals surface area contributed by atoms with E-state index in [-0.39, 0.29) is 12.0 Å². The number of rotatable bonds is 4. The Morgan fingerprint density at radius 2 is 2.05 bits per heavy atom. The molecule has 1 heterocycles. The first-order chi connectivity index (χ1) is 9.19. The van der Waals surface area contributed by atoms with Crippen molar-refractivity contribution in [1.82, 2.24) is 9.97 Å². The van der Waals surface area contributed by atoms with Crippen LogP contribution < -0.4 is 5.32 Å². The van der Waals surface area contributed by atoms with Gasteiger partial charge in [0.25, 0.3) is 0 Å². The molecule has 2 aliphatic carbocycles. The molecule has 0 aromatic carbocycles. The van der Waals surface area contributed by atoms with Crippen molar-refractivity contribution in [2.45, 2.75) is 56.9 Å². The standard InChI is InChI=1S/C14H19N3O2/c18-12(19)8-14(6-3-7-14)17-13-10-4-1-2-5-11(10)15-9-16-13/h9H,1-8H2,(H,18,19)(H,15,16,17). The summed E-state index contributed by atoms with van der Waals surface area (Å²) < 4.78 is 0. The molecule has 0 spiro atoms. The van der Waals surface area contributed by atoms with Gasteiger partial charge in [-0.3, -0.25) is 4.79 Å². The summed E-state index contributed by atoms with van der Waals surface area (Å²) in [5.41, 5.74) is 2.05. The van der Waals surface area contributed by atoms with E-state index in [1.165, 1.54) is 18.4 Å². The number of carbonyl (C=O) groups is 1. The van der Waals surface area contributed by atoms with Gasteiger partial charge in [0.1, 0.15) is 12.1 Å². The summed E-state index contributed by atoms with van der Waals surface area (Å²) >= 11 is 0. The average Bonchev–Trinajstić information content (AvgIpc) is 2.36. The number of aliphatic carboxylic acids is 1. The second kappa shape index (κ2) is 4.79. The van der Waals surface area contributed by atoms with E-state index in [1.807, 2.05) is 0 Å². The summed E-state index contributed by atoms with van der Waals surface area (Å²) in [5, 5.41) is 12.5. The summed E-state index contributed by atoms with van der Waals surface area (Å²) in [6.45, 7) is 0. The molecule has 102 valence electrons. The molecule has 1 aromatic rings. The maximum Gasteiger partial charge on any atom is 0.305 e. The average molecular weight is 261 g/mol. The highest BCUT2D eigenvalue weighted by Crippen LogP contribution is 2.39. The molecule has 3 rings (SSSR count). The van der Waals surface area contributed by atoms with Crippen LogP contribution in [-0.4, -0.2) is 26.6 Å². The highest BCUT2D eigenvalue weighted by Gasteiger charge is 2.40. The number of nitrogens with zero attached hydrogens (tertiary/aromatic N) is 2. The second-order valence-corrected chi connectivity index (χ2v) is 5.68. The third-order valence-corrected chi connectivity index (χ3v) is 4.31. The zero-order valence-electron chi connectivity index (χ0n) is 11.0. The number of aryl methyl sites for hydroxylation is 1. The van der Waals surface area contributed by atoms with E-state index < -0.39 is 5.97 Å². The Balaban J connectivity index is 1.84. The number of aromatic nitrogens is 2. The van der Waals surface area contributed by atoms with Gasteiger partial charge in [0.05, 0.1) is 6.42 Å². The van der Waals surface area contributed by atoms with Crippen LogP contribution in [0.3, 0.4) is 0 Å².